The maximum absolute atomic E-state index is 14.1. The van der Waals surface area contributed by atoms with Crippen molar-refractivity contribution in [3.8, 4) is 5.75 Å². The van der Waals surface area contributed by atoms with Gasteiger partial charge in [0.05, 0.1) is 26.1 Å². The van der Waals surface area contributed by atoms with E-state index in [0.29, 0.717) is 51.2 Å². The summed E-state index contributed by atoms with van der Waals surface area (Å²) in [7, 11) is 3.45. The number of amides is 3. The van der Waals surface area contributed by atoms with Crippen molar-refractivity contribution in [3.05, 3.63) is 78.4 Å². The molecule has 1 aromatic heterocycles. The van der Waals surface area contributed by atoms with Crippen LogP contribution in [-0.4, -0.2) is 87.6 Å². The van der Waals surface area contributed by atoms with Gasteiger partial charge in [-0.15, -0.1) is 0 Å². The van der Waals surface area contributed by atoms with Gasteiger partial charge in [0, 0.05) is 56.6 Å². The van der Waals surface area contributed by atoms with Gasteiger partial charge in [0.2, 0.25) is 17.7 Å². The lowest BCUT2D eigenvalue weighted by Gasteiger charge is -2.44. The van der Waals surface area contributed by atoms with Crippen LogP contribution in [0.1, 0.15) is 37.9 Å². The predicted molar refractivity (Wildman–Crippen MR) is 168 cm³/mol. The van der Waals surface area contributed by atoms with Gasteiger partial charge in [0.15, 0.2) is 0 Å². The fourth-order valence-electron chi connectivity index (χ4n) is 6.25. The number of nitrogens with zero attached hydrogens (tertiary/aromatic N) is 5. The van der Waals surface area contributed by atoms with E-state index in [2.05, 4.69) is 15.2 Å². The largest absolute Gasteiger partial charge is 0.497 e. The minimum absolute atomic E-state index is 0.0624. The number of methoxy groups -OCH3 is 1. The van der Waals surface area contributed by atoms with Crippen LogP contribution in [0.15, 0.2) is 67.1 Å². The van der Waals surface area contributed by atoms with E-state index in [9.17, 15) is 14.4 Å². The number of ether oxygens (including phenoxy) is 1. The Morgan fingerprint density at radius 1 is 1.05 bits per heavy atom. The van der Waals surface area contributed by atoms with E-state index in [-0.39, 0.29) is 17.9 Å². The third-order valence-electron chi connectivity index (χ3n) is 8.96. The molecular formula is C33H43N7O4. The number of rotatable bonds is 10. The second kappa shape index (κ2) is 13.1. The molecule has 11 nitrogen and oxygen atoms in total. The number of nitrogens with two attached hydrogens (primary N) is 1. The monoisotopic (exact) mass is 601 g/mol. The van der Waals surface area contributed by atoms with Crippen LogP contribution in [0.2, 0.25) is 0 Å². The molecule has 2 aromatic carbocycles. The maximum Gasteiger partial charge on any atom is 0.250 e. The molecule has 2 atom stereocenters. The highest BCUT2D eigenvalue weighted by molar-refractivity contribution is 5.95. The van der Waals surface area contributed by atoms with Gasteiger partial charge in [-0.1, -0.05) is 30.3 Å². The van der Waals surface area contributed by atoms with Crippen LogP contribution in [0.5, 0.6) is 5.75 Å². The Morgan fingerprint density at radius 2 is 1.73 bits per heavy atom. The van der Waals surface area contributed by atoms with E-state index >= 15 is 0 Å². The molecule has 3 aromatic rings. The average Bonchev–Trinajstić information content (AvgIpc) is 3.57. The number of imidazole rings is 1. The smallest absolute Gasteiger partial charge is 0.250 e. The highest BCUT2D eigenvalue weighted by Crippen LogP contribution is 2.40. The number of aromatic nitrogens is 2. The van der Waals surface area contributed by atoms with Gasteiger partial charge < -0.3 is 35.1 Å². The zero-order valence-corrected chi connectivity index (χ0v) is 26.0. The Bertz CT molecular complexity index is 1450. The molecule has 5 rings (SSSR count). The van der Waals surface area contributed by atoms with Crippen molar-refractivity contribution in [3.63, 3.8) is 0 Å². The molecule has 3 N–H and O–H groups in total. The molecule has 0 bridgehead atoms. The summed E-state index contributed by atoms with van der Waals surface area (Å²) in [6.45, 7) is 5.37. The molecule has 0 radical (unpaired) electrons. The number of hydrogen-bond acceptors (Lipinski definition) is 7. The molecule has 2 aliphatic heterocycles. The van der Waals surface area contributed by atoms with Gasteiger partial charge in [-0.25, -0.2) is 4.98 Å². The molecule has 2 unspecified atom stereocenters. The Kier molecular flexibility index (Phi) is 9.24. The zero-order valence-electron chi connectivity index (χ0n) is 26.0. The highest BCUT2D eigenvalue weighted by Gasteiger charge is 2.54. The zero-order chi connectivity index (χ0) is 31.4. The molecule has 3 amide bonds. The lowest BCUT2D eigenvalue weighted by molar-refractivity contribution is -0.141. The van der Waals surface area contributed by atoms with Crippen molar-refractivity contribution in [1.82, 2.24) is 24.7 Å². The second-order valence-electron chi connectivity index (χ2n) is 12.1. The number of nitrogens with one attached hydrogen (secondary N) is 1. The first-order valence-electron chi connectivity index (χ1n) is 15.2. The van der Waals surface area contributed by atoms with E-state index in [4.69, 9.17) is 10.5 Å². The van der Waals surface area contributed by atoms with Gasteiger partial charge in [-0.3, -0.25) is 14.4 Å². The third-order valence-corrected chi connectivity index (χ3v) is 8.96. The van der Waals surface area contributed by atoms with Crippen LogP contribution in [-0.2, 0) is 34.3 Å². The van der Waals surface area contributed by atoms with Crippen LogP contribution in [0.3, 0.4) is 0 Å². The number of carbonyl (C=O) groups excluding carboxylic acids is 3. The fraction of sp³-hybridized carbons (Fsp3) is 0.455. The summed E-state index contributed by atoms with van der Waals surface area (Å²) in [5.74, 6) is 0.224. The molecule has 234 valence electrons. The lowest BCUT2D eigenvalue weighted by atomic mass is 9.85. The minimum atomic E-state index is -0.848. The van der Waals surface area contributed by atoms with Crippen LogP contribution in [0.25, 0.3) is 0 Å². The Balaban J connectivity index is 1.34. The molecule has 1 spiro atoms. The average molecular weight is 602 g/mol. The maximum atomic E-state index is 14.1. The number of carbonyl (C=O) groups is 3. The van der Waals surface area contributed by atoms with E-state index in [1.807, 2.05) is 85.0 Å². The summed E-state index contributed by atoms with van der Waals surface area (Å²) >= 11 is 0. The summed E-state index contributed by atoms with van der Waals surface area (Å²) in [5.41, 5.74) is 8.28. The molecule has 2 fully saturated rings. The third kappa shape index (κ3) is 6.28. The van der Waals surface area contributed by atoms with Crippen molar-refractivity contribution in [2.75, 3.05) is 31.8 Å². The fourth-order valence-corrected chi connectivity index (χ4v) is 6.25. The molecule has 0 saturated carbocycles. The van der Waals surface area contributed by atoms with Crippen molar-refractivity contribution in [2.24, 2.45) is 12.8 Å². The molecule has 0 aliphatic carbocycles. The van der Waals surface area contributed by atoms with Crippen molar-refractivity contribution in [1.29, 1.82) is 0 Å². The molecular weight excluding hydrogens is 558 g/mol. The van der Waals surface area contributed by atoms with Gasteiger partial charge in [-0.2, -0.15) is 0 Å². The Hall–Kier alpha value is -4.38. The van der Waals surface area contributed by atoms with Crippen molar-refractivity contribution >= 4 is 23.4 Å². The quantitative estimate of drug-likeness (QED) is 0.365. The number of benzene rings is 2. The van der Waals surface area contributed by atoms with Crippen LogP contribution in [0.4, 0.5) is 5.69 Å². The molecule has 44 heavy (non-hydrogen) atoms. The van der Waals surface area contributed by atoms with E-state index < -0.39 is 23.5 Å². The number of hydrogen-bond donors (Lipinski definition) is 2. The van der Waals surface area contributed by atoms with E-state index in [1.165, 1.54) is 0 Å². The van der Waals surface area contributed by atoms with Gasteiger partial charge in [0.25, 0.3) is 0 Å². The van der Waals surface area contributed by atoms with Crippen molar-refractivity contribution in [2.45, 2.75) is 63.2 Å². The van der Waals surface area contributed by atoms with Crippen LogP contribution >= 0.6 is 0 Å². The van der Waals surface area contributed by atoms with Gasteiger partial charge in [0.1, 0.15) is 17.3 Å². The number of anilines is 1. The molecule has 2 saturated heterocycles. The Morgan fingerprint density at radius 3 is 2.32 bits per heavy atom. The van der Waals surface area contributed by atoms with E-state index in [0.717, 1.165) is 16.9 Å². The first kappa shape index (κ1) is 31.1. The van der Waals surface area contributed by atoms with Crippen LogP contribution in [0, 0.1) is 0 Å². The topological polar surface area (TPSA) is 126 Å². The molecule has 11 heteroatoms. The number of para-hydroxylation sites is 1. The summed E-state index contributed by atoms with van der Waals surface area (Å²) in [4.78, 5) is 51.3. The lowest BCUT2D eigenvalue weighted by Crippen LogP contribution is -2.60. The normalized spacial score (nSPS) is 17.7. The first-order chi connectivity index (χ1) is 21.1. The SMILES string of the molecule is COc1ccc(CC(NC(=O)C(N)Cc2cncn2C)C(=O)N2CCC3(CC2)C(=O)N(C(C)C)CN3c2ccccc2)cc1. The van der Waals surface area contributed by atoms with Crippen LogP contribution < -0.4 is 20.7 Å². The number of likely N-dealkylation sites (tertiary alicyclic amines) is 1. The number of piperidine rings is 1. The van der Waals surface area contributed by atoms with Gasteiger partial charge >= 0.3 is 0 Å². The highest BCUT2D eigenvalue weighted by atomic mass is 16.5. The second-order valence-corrected chi connectivity index (χ2v) is 12.1. The minimum Gasteiger partial charge on any atom is -0.497 e. The summed E-state index contributed by atoms with van der Waals surface area (Å²) < 4.78 is 7.11. The summed E-state index contributed by atoms with van der Waals surface area (Å²) in [6, 6.07) is 15.8. The molecule has 2 aliphatic rings. The van der Waals surface area contributed by atoms with E-state index in [1.54, 1.807) is 24.5 Å². The predicted octanol–water partition coefficient (Wildman–Crippen LogP) is 2.10. The Labute approximate surface area is 259 Å². The number of aryl methyl sites for hydroxylation is 1. The molecule has 3 heterocycles. The standard InChI is InChI=1S/C33H43N7O4/c1-23(2)39-22-40(25-8-6-5-7-9-25)33(32(39)43)14-16-38(17-15-33)31(42)29(18-24-10-12-27(44-4)13-11-24)36-30(41)28(34)19-26-20-35-21-37(26)3/h5-13,20-21,23,28-29H,14-19,22,34H2,1-4H3,(H,36,41). The van der Waals surface area contributed by atoms with Gasteiger partial charge in [-0.05, 0) is 56.5 Å². The summed E-state index contributed by atoms with van der Waals surface area (Å²) in [6.07, 6.45) is 4.93. The summed E-state index contributed by atoms with van der Waals surface area (Å²) in [5, 5.41) is 2.95. The van der Waals surface area contributed by atoms with Crippen molar-refractivity contribution < 1.29 is 19.1 Å². The first-order valence-corrected chi connectivity index (χ1v) is 15.2.